The largest absolute Gasteiger partial charge is 0.496 e. The summed E-state index contributed by atoms with van der Waals surface area (Å²) in [6.45, 7) is 0.245. The van der Waals surface area contributed by atoms with E-state index in [1.165, 1.54) is 25.3 Å². The summed E-state index contributed by atoms with van der Waals surface area (Å²) in [5, 5.41) is 16.0. The molecule has 1 saturated heterocycles. The van der Waals surface area contributed by atoms with Gasteiger partial charge in [0.15, 0.2) is 0 Å². The molecule has 0 aliphatic carbocycles. The minimum Gasteiger partial charge on any atom is -0.496 e. The third kappa shape index (κ3) is 2.85. The van der Waals surface area contributed by atoms with Crippen molar-refractivity contribution in [1.82, 2.24) is 5.32 Å². The maximum atomic E-state index is 11.9. The molecule has 8 heteroatoms. The molecule has 20 heavy (non-hydrogen) atoms. The third-order valence-electron chi connectivity index (χ3n) is 3.01. The highest BCUT2D eigenvalue weighted by molar-refractivity contribution is 5.98. The van der Waals surface area contributed by atoms with E-state index in [0.29, 0.717) is 5.75 Å². The molecule has 2 rings (SSSR count). The maximum Gasteiger partial charge on any atom is 0.296 e. The number of rotatable bonds is 4. The highest BCUT2D eigenvalue weighted by atomic mass is 16.6. The molecular weight excluding hydrogens is 266 g/mol. The molecular formula is C12H13N3O5. The van der Waals surface area contributed by atoms with Crippen LogP contribution in [-0.4, -0.2) is 30.4 Å². The van der Waals surface area contributed by atoms with Gasteiger partial charge >= 0.3 is 0 Å². The van der Waals surface area contributed by atoms with Gasteiger partial charge in [-0.2, -0.15) is 0 Å². The van der Waals surface area contributed by atoms with Crippen LogP contribution >= 0.6 is 0 Å². The van der Waals surface area contributed by atoms with Crippen molar-refractivity contribution in [3.8, 4) is 5.75 Å². The van der Waals surface area contributed by atoms with Gasteiger partial charge in [-0.1, -0.05) is 0 Å². The predicted molar refractivity (Wildman–Crippen MR) is 69.4 cm³/mol. The van der Waals surface area contributed by atoms with Crippen molar-refractivity contribution in [3.05, 3.63) is 28.3 Å². The molecule has 0 radical (unpaired) electrons. The predicted octanol–water partition coefficient (Wildman–Crippen LogP) is 0.678. The van der Waals surface area contributed by atoms with Crippen LogP contribution < -0.4 is 15.4 Å². The van der Waals surface area contributed by atoms with Crippen LogP contribution in [0.2, 0.25) is 0 Å². The van der Waals surface area contributed by atoms with Crippen molar-refractivity contribution in [3.63, 3.8) is 0 Å². The minimum atomic E-state index is -0.601. The molecule has 106 valence electrons. The first-order chi connectivity index (χ1) is 9.51. The number of amides is 2. The average Bonchev–Trinajstić information content (AvgIpc) is 2.85. The summed E-state index contributed by atoms with van der Waals surface area (Å²) in [4.78, 5) is 33.4. The van der Waals surface area contributed by atoms with Gasteiger partial charge in [-0.05, 0) is 12.1 Å². The van der Waals surface area contributed by atoms with E-state index in [1.807, 2.05) is 0 Å². The molecule has 0 bridgehead atoms. The first-order valence-electron chi connectivity index (χ1n) is 5.91. The molecule has 1 atom stereocenters. The fourth-order valence-corrected chi connectivity index (χ4v) is 1.92. The molecule has 0 aromatic heterocycles. The van der Waals surface area contributed by atoms with Gasteiger partial charge in [-0.15, -0.1) is 0 Å². The van der Waals surface area contributed by atoms with E-state index in [1.54, 1.807) is 0 Å². The number of carbonyl (C=O) groups is 2. The number of methoxy groups -OCH3 is 1. The van der Waals surface area contributed by atoms with Gasteiger partial charge in [-0.25, -0.2) is 0 Å². The van der Waals surface area contributed by atoms with Crippen molar-refractivity contribution in [2.24, 2.45) is 5.92 Å². The molecule has 1 aromatic rings. The summed E-state index contributed by atoms with van der Waals surface area (Å²) in [5.41, 5.74) is -0.171. The SMILES string of the molecule is COc1ccc(NC(=O)C2CNC(=O)C2)c([N+](=O)[O-])c1. The monoisotopic (exact) mass is 279 g/mol. The lowest BCUT2D eigenvalue weighted by Gasteiger charge is -2.10. The van der Waals surface area contributed by atoms with E-state index in [9.17, 15) is 19.7 Å². The van der Waals surface area contributed by atoms with Gasteiger partial charge in [-0.3, -0.25) is 19.7 Å². The normalized spacial score (nSPS) is 17.4. The first kappa shape index (κ1) is 13.8. The van der Waals surface area contributed by atoms with Crippen LogP contribution in [0.1, 0.15) is 6.42 Å². The number of benzene rings is 1. The number of hydrogen-bond donors (Lipinski definition) is 2. The third-order valence-corrected chi connectivity index (χ3v) is 3.01. The van der Waals surface area contributed by atoms with Gasteiger partial charge in [0, 0.05) is 13.0 Å². The molecule has 0 saturated carbocycles. The zero-order valence-corrected chi connectivity index (χ0v) is 10.7. The number of nitro groups is 1. The Kier molecular flexibility index (Phi) is 3.83. The lowest BCUT2D eigenvalue weighted by Crippen LogP contribution is -2.25. The Hall–Kier alpha value is -2.64. The van der Waals surface area contributed by atoms with Gasteiger partial charge in [0.2, 0.25) is 11.8 Å². The van der Waals surface area contributed by atoms with Crippen molar-refractivity contribution in [1.29, 1.82) is 0 Å². The van der Waals surface area contributed by atoms with Gasteiger partial charge < -0.3 is 15.4 Å². The van der Waals surface area contributed by atoms with E-state index < -0.39 is 16.7 Å². The number of hydrogen-bond acceptors (Lipinski definition) is 5. The molecule has 1 aliphatic heterocycles. The number of ether oxygens (including phenoxy) is 1. The van der Waals surface area contributed by atoms with Crippen molar-refractivity contribution >= 4 is 23.2 Å². The maximum absolute atomic E-state index is 11.9. The lowest BCUT2D eigenvalue weighted by molar-refractivity contribution is -0.384. The molecule has 1 unspecified atom stereocenters. The summed E-state index contributed by atoms with van der Waals surface area (Å²) in [5.74, 6) is -0.803. The number of nitrogens with zero attached hydrogens (tertiary/aromatic N) is 1. The second-order valence-corrected chi connectivity index (χ2v) is 4.33. The number of anilines is 1. The molecule has 1 aliphatic rings. The Labute approximate surface area is 114 Å². The molecule has 2 N–H and O–H groups in total. The smallest absolute Gasteiger partial charge is 0.296 e. The number of nitrogens with one attached hydrogen (secondary N) is 2. The summed E-state index contributed by atoms with van der Waals surface area (Å²) >= 11 is 0. The lowest BCUT2D eigenvalue weighted by atomic mass is 10.1. The van der Waals surface area contributed by atoms with E-state index >= 15 is 0 Å². The Morgan fingerprint density at radius 2 is 2.30 bits per heavy atom. The second-order valence-electron chi connectivity index (χ2n) is 4.33. The minimum absolute atomic E-state index is 0.0835. The van der Waals surface area contributed by atoms with Crippen molar-refractivity contribution in [2.45, 2.75) is 6.42 Å². The van der Waals surface area contributed by atoms with Crippen LogP contribution in [0.25, 0.3) is 0 Å². The molecule has 1 heterocycles. The van der Waals surface area contributed by atoms with E-state index in [-0.39, 0.29) is 30.2 Å². The fourth-order valence-electron chi connectivity index (χ4n) is 1.92. The summed E-state index contributed by atoms with van der Waals surface area (Å²) in [6, 6.07) is 4.15. The Balaban J connectivity index is 2.18. The Morgan fingerprint density at radius 3 is 2.85 bits per heavy atom. The van der Waals surface area contributed by atoms with Gasteiger partial charge in [0.1, 0.15) is 11.4 Å². The van der Waals surface area contributed by atoms with Gasteiger partial charge in [0.25, 0.3) is 5.69 Å². The molecule has 1 aromatic carbocycles. The zero-order chi connectivity index (χ0) is 14.7. The molecule has 2 amide bonds. The van der Waals surface area contributed by atoms with E-state index in [4.69, 9.17) is 4.74 Å². The molecule has 8 nitrogen and oxygen atoms in total. The van der Waals surface area contributed by atoms with Crippen LogP contribution in [0.4, 0.5) is 11.4 Å². The van der Waals surface area contributed by atoms with Crippen LogP contribution in [0.3, 0.4) is 0 Å². The van der Waals surface area contributed by atoms with Crippen LogP contribution in [-0.2, 0) is 9.59 Å². The summed E-state index contributed by atoms with van der Waals surface area (Å²) in [7, 11) is 1.40. The Morgan fingerprint density at radius 1 is 1.55 bits per heavy atom. The highest BCUT2D eigenvalue weighted by Gasteiger charge is 2.29. The average molecular weight is 279 g/mol. The van der Waals surface area contributed by atoms with Crippen LogP contribution in [0.5, 0.6) is 5.75 Å². The van der Waals surface area contributed by atoms with Crippen LogP contribution in [0.15, 0.2) is 18.2 Å². The number of carbonyl (C=O) groups excluding carboxylic acids is 2. The summed E-state index contributed by atoms with van der Waals surface area (Å²) < 4.78 is 4.91. The summed E-state index contributed by atoms with van der Waals surface area (Å²) in [6.07, 6.45) is 0.0930. The quantitative estimate of drug-likeness (QED) is 0.622. The Bertz CT molecular complexity index is 572. The standard InChI is InChI=1S/C12H13N3O5/c1-20-8-2-3-9(10(5-8)15(18)19)14-12(17)7-4-11(16)13-6-7/h2-3,5,7H,4,6H2,1H3,(H,13,16)(H,14,17). The molecule has 1 fully saturated rings. The van der Waals surface area contributed by atoms with E-state index in [0.717, 1.165) is 0 Å². The highest BCUT2D eigenvalue weighted by Crippen LogP contribution is 2.29. The van der Waals surface area contributed by atoms with Crippen molar-refractivity contribution < 1.29 is 19.2 Å². The van der Waals surface area contributed by atoms with Crippen LogP contribution in [0, 0.1) is 16.0 Å². The fraction of sp³-hybridized carbons (Fsp3) is 0.333. The molecule has 0 spiro atoms. The number of nitro benzene ring substituents is 1. The van der Waals surface area contributed by atoms with Gasteiger partial charge in [0.05, 0.1) is 24.0 Å². The van der Waals surface area contributed by atoms with E-state index in [2.05, 4.69) is 10.6 Å². The zero-order valence-electron chi connectivity index (χ0n) is 10.7. The van der Waals surface area contributed by atoms with Crippen molar-refractivity contribution in [2.75, 3.05) is 19.0 Å². The first-order valence-corrected chi connectivity index (χ1v) is 5.91. The topological polar surface area (TPSA) is 111 Å². The second kappa shape index (κ2) is 5.55.